The topological polar surface area (TPSA) is 48.4 Å². The number of carbonyl (C=O) groups excluding carboxylic acids is 1. The molecule has 1 aromatic heterocycles. The second kappa shape index (κ2) is 6.10. The lowest BCUT2D eigenvalue weighted by molar-refractivity contribution is -0.145. The van der Waals surface area contributed by atoms with Crippen LogP contribution in [0.5, 0.6) is 5.75 Å². The second-order valence-corrected chi connectivity index (χ2v) is 3.34. The van der Waals surface area contributed by atoms with Gasteiger partial charge in [-0.05, 0) is 32.4 Å². The van der Waals surface area contributed by atoms with E-state index in [-0.39, 0.29) is 12.6 Å². The fourth-order valence-corrected chi connectivity index (χ4v) is 1.32. The molecule has 0 N–H and O–H groups in total. The summed E-state index contributed by atoms with van der Waals surface area (Å²) in [5.74, 6) is 0.297. The monoisotopic (exact) mass is 223 g/mol. The molecule has 0 aliphatic carbocycles. The predicted octanol–water partition coefficient (Wildman–Crippen LogP) is 1.89. The van der Waals surface area contributed by atoms with E-state index in [4.69, 9.17) is 9.47 Å². The summed E-state index contributed by atoms with van der Waals surface area (Å²) in [5, 5.41) is 0. The number of hydrogen-bond acceptors (Lipinski definition) is 4. The van der Waals surface area contributed by atoms with Crippen molar-refractivity contribution in [3.05, 3.63) is 23.5 Å². The molecule has 1 aromatic rings. The van der Waals surface area contributed by atoms with E-state index in [0.717, 1.165) is 17.8 Å². The molecule has 4 nitrogen and oxygen atoms in total. The highest BCUT2D eigenvalue weighted by Crippen LogP contribution is 2.17. The molecule has 0 aliphatic heterocycles. The quantitative estimate of drug-likeness (QED) is 0.715. The van der Waals surface area contributed by atoms with Crippen LogP contribution in [0.25, 0.3) is 0 Å². The summed E-state index contributed by atoms with van der Waals surface area (Å²) in [5.41, 5.74) is 1.81. The predicted molar refractivity (Wildman–Crippen MR) is 60.5 cm³/mol. The van der Waals surface area contributed by atoms with Crippen LogP contribution in [0, 0.1) is 6.92 Å². The number of hydrogen-bond donors (Lipinski definition) is 0. The van der Waals surface area contributed by atoms with Crippen molar-refractivity contribution in [3.8, 4) is 5.75 Å². The Kier molecular flexibility index (Phi) is 4.76. The number of aryl methyl sites for hydroxylation is 2. The van der Waals surface area contributed by atoms with Crippen LogP contribution in [0.15, 0.2) is 12.1 Å². The highest BCUT2D eigenvalue weighted by atomic mass is 16.6. The van der Waals surface area contributed by atoms with Crippen LogP contribution >= 0.6 is 0 Å². The van der Waals surface area contributed by atoms with Crippen LogP contribution < -0.4 is 4.74 Å². The number of esters is 1. The average Bonchev–Trinajstić information content (AvgIpc) is 2.27. The molecule has 0 amide bonds. The lowest BCUT2D eigenvalue weighted by atomic mass is 10.2. The minimum Gasteiger partial charge on any atom is -0.480 e. The first-order valence-electron chi connectivity index (χ1n) is 5.42. The number of carbonyl (C=O) groups is 1. The van der Waals surface area contributed by atoms with Crippen molar-refractivity contribution in [2.45, 2.75) is 27.2 Å². The van der Waals surface area contributed by atoms with Crippen LogP contribution in [0.2, 0.25) is 0 Å². The van der Waals surface area contributed by atoms with Crippen LogP contribution in [0.4, 0.5) is 0 Å². The Morgan fingerprint density at radius 2 is 2.12 bits per heavy atom. The molecule has 88 valence electrons. The minimum absolute atomic E-state index is 0.0639. The molecule has 4 heteroatoms. The normalized spacial score (nSPS) is 9.94. The Balaban J connectivity index is 2.63. The lowest BCUT2D eigenvalue weighted by Gasteiger charge is -2.09. The van der Waals surface area contributed by atoms with Crippen molar-refractivity contribution < 1.29 is 14.3 Å². The van der Waals surface area contributed by atoms with Crippen molar-refractivity contribution >= 4 is 5.97 Å². The molecule has 16 heavy (non-hydrogen) atoms. The third-order valence-electron chi connectivity index (χ3n) is 2.06. The smallest absolute Gasteiger partial charge is 0.344 e. The van der Waals surface area contributed by atoms with Crippen molar-refractivity contribution in [2.75, 3.05) is 13.2 Å². The van der Waals surface area contributed by atoms with E-state index in [2.05, 4.69) is 4.98 Å². The molecule has 0 saturated heterocycles. The Morgan fingerprint density at radius 1 is 1.38 bits per heavy atom. The van der Waals surface area contributed by atoms with Gasteiger partial charge in [-0.1, -0.05) is 6.92 Å². The second-order valence-electron chi connectivity index (χ2n) is 3.34. The van der Waals surface area contributed by atoms with Gasteiger partial charge < -0.3 is 9.47 Å². The highest BCUT2D eigenvalue weighted by molar-refractivity contribution is 5.71. The molecule has 0 aromatic carbocycles. The zero-order valence-corrected chi connectivity index (χ0v) is 9.95. The van der Waals surface area contributed by atoms with Gasteiger partial charge >= 0.3 is 5.97 Å². The summed E-state index contributed by atoms with van der Waals surface area (Å²) >= 11 is 0. The van der Waals surface area contributed by atoms with Gasteiger partial charge in [-0.2, -0.15) is 0 Å². The molecular weight excluding hydrogens is 206 g/mol. The van der Waals surface area contributed by atoms with Crippen LogP contribution in [0.1, 0.15) is 25.2 Å². The minimum atomic E-state index is -0.356. The molecule has 0 unspecified atom stereocenters. The number of ether oxygens (including phenoxy) is 2. The molecule has 0 fully saturated rings. The molecule has 0 radical (unpaired) electrons. The molecule has 1 rings (SSSR count). The third kappa shape index (κ3) is 3.53. The molecule has 0 saturated carbocycles. The fourth-order valence-electron chi connectivity index (χ4n) is 1.32. The fraction of sp³-hybridized carbons (Fsp3) is 0.500. The molecular formula is C12H17NO3. The number of pyridine rings is 1. The Morgan fingerprint density at radius 3 is 2.75 bits per heavy atom. The van der Waals surface area contributed by atoms with Gasteiger partial charge in [0, 0.05) is 5.69 Å². The summed E-state index contributed by atoms with van der Waals surface area (Å²) in [6, 6.07) is 3.69. The summed E-state index contributed by atoms with van der Waals surface area (Å²) in [6.45, 7) is 6.00. The van der Waals surface area contributed by atoms with Gasteiger partial charge in [0.2, 0.25) is 0 Å². The van der Waals surface area contributed by atoms with E-state index in [0.29, 0.717) is 12.4 Å². The van der Waals surface area contributed by atoms with Gasteiger partial charge in [0.15, 0.2) is 6.61 Å². The number of nitrogens with zero attached hydrogens (tertiary/aromatic N) is 1. The van der Waals surface area contributed by atoms with Crippen molar-refractivity contribution in [1.29, 1.82) is 0 Å². The average molecular weight is 223 g/mol. The van der Waals surface area contributed by atoms with Crippen molar-refractivity contribution in [2.24, 2.45) is 0 Å². The first kappa shape index (κ1) is 12.5. The van der Waals surface area contributed by atoms with E-state index >= 15 is 0 Å². The molecule has 0 spiro atoms. The SMILES string of the molecule is CCOC(=O)COc1ccc(C)nc1CC. The van der Waals surface area contributed by atoms with Gasteiger partial charge in [0.1, 0.15) is 5.75 Å². The molecule has 0 bridgehead atoms. The first-order valence-corrected chi connectivity index (χ1v) is 5.42. The Hall–Kier alpha value is -1.58. The maximum atomic E-state index is 11.1. The molecule has 0 aliphatic rings. The maximum absolute atomic E-state index is 11.1. The third-order valence-corrected chi connectivity index (χ3v) is 2.06. The number of aromatic nitrogens is 1. The number of rotatable bonds is 5. The van der Waals surface area contributed by atoms with E-state index < -0.39 is 0 Å². The molecule has 1 heterocycles. The first-order chi connectivity index (χ1) is 7.67. The van der Waals surface area contributed by atoms with E-state index in [1.165, 1.54) is 0 Å². The van der Waals surface area contributed by atoms with Crippen molar-refractivity contribution in [3.63, 3.8) is 0 Å². The lowest BCUT2D eigenvalue weighted by Crippen LogP contribution is -2.15. The van der Waals surface area contributed by atoms with Gasteiger partial charge in [-0.15, -0.1) is 0 Å². The summed E-state index contributed by atoms with van der Waals surface area (Å²) in [6.07, 6.45) is 0.778. The largest absolute Gasteiger partial charge is 0.480 e. The van der Waals surface area contributed by atoms with E-state index in [1.807, 2.05) is 26.0 Å². The zero-order valence-electron chi connectivity index (χ0n) is 9.95. The van der Waals surface area contributed by atoms with E-state index in [1.54, 1.807) is 6.92 Å². The van der Waals surface area contributed by atoms with Gasteiger partial charge in [0.05, 0.1) is 12.3 Å². The molecule has 0 atom stereocenters. The van der Waals surface area contributed by atoms with Crippen molar-refractivity contribution in [1.82, 2.24) is 4.98 Å². The van der Waals surface area contributed by atoms with Gasteiger partial charge in [0.25, 0.3) is 0 Å². The summed E-state index contributed by atoms with van der Waals surface area (Å²) < 4.78 is 10.1. The van der Waals surface area contributed by atoms with E-state index in [9.17, 15) is 4.79 Å². The summed E-state index contributed by atoms with van der Waals surface area (Å²) in [4.78, 5) is 15.5. The Labute approximate surface area is 95.6 Å². The van der Waals surface area contributed by atoms with Gasteiger partial charge in [-0.25, -0.2) is 4.79 Å². The zero-order chi connectivity index (χ0) is 12.0. The Bertz CT molecular complexity index is 363. The highest BCUT2D eigenvalue weighted by Gasteiger charge is 2.07. The van der Waals surface area contributed by atoms with Crippen LogP contribution in [-0.2, 0) is 16.0 Å². The maximum Gasteiger partial charge on any atom is 0.344 e. The summed E-state index contributed by atoms with van der Waals surface area (Å²) in [7, 11) is 0. The van der Waals surface area contributed by atoms with Gasteiger partial charge in [-0.3, -0.25) is 4.98 Å². The van der Waals surface area contributed by atoms with Crippen LogP contribution in [-0.4, -0.2) is 24.2 Å². The van der Waals surface area contributed by atoms with Crippen LogP contribution in [0.3, 0.4) is 0 Å². The standard InChI is InChI=1S/C12H17NO3/c1-4-10-11(7-6-9(3)13-10)16-8-12(14)15-5-2/h6-7H,4-5,8H2,1-3H3.